The molecule has 1 aromatic rings. The van der Waals surface area contributed by atoms with E-state index in [9.17, 15) is 14.0 Å². The van der Waals surface area contributed by atoms with E-state index in [0.29, 0.717) is 35.0 Å². The molecular formula is C25H31FN4O3S. The zero-order valence-electron chi connectivity index (χ0n) is 19.7. The van der Waals surface area contributed by atoms with E-state index < -0.39 is 17.8 Å². The smallest absolute Gasteiger partial charge is 0.338 e. The van der Waals surface area contributed by atoms with Crippen molar-refractivity contribution in [2.75, 3.05) is 33.3 Å². The van der Waals surface area contributed by atoms with Gasteiger partial charge in [0.1, 0.15) is 5.82 Å². The molecule has 0 aliphatic carbocycles. The summed E-state index contributed by atoms with van der Waals surface area (Å²) in [6, 6.07) is 5.58. The first-order chi connectivity index (χ1) is 16.5. The van der Waals surface area contributed by atoms with Crippen LogP contribution in [0.1, 0.15) is 50.6 Å². The number of fused-ring (bicyclic) bond motifs is 1. The highest BCUT2D eigenvalue weighted by Crippen LogP contribution is 2.45. The van der Waals surface area contributed by atoms with Crippen LogP contribution in [0.15, 0.2) is 51.6 Å². The number of esters is 1. The van der Waals surface area contributed by atoms with E-state index in [2.05, 4.69) is 10.2 Å². The molecular weight excluding hydrogens is 455 g/mol. The highest BCUT2D eigenvalue weighted by Gasteiger charge is 2.41. The molecule has 1 amide bonds. The summed E-state index contributed by atoms with van der Waals surface area (Å²) in [6.07, 6.45) is 4.38. The average molecular weight is 487 g/mol. The Labute approximate surface area is 204 Å². The van der Waals surface area contributed by atoms with E-state index >= 15 is 0 Å². The Morgan fingerprint density at radius 1 is 1.26 bits per heavy atom. The number of piperidine rings is 1. The van der Waals surface area contributed by atoms with Gasteiger partial charge in [-0.3, -0.25) is 4.79 Å². The van der Waals surface area contributed by atoms with Crippen LogP contribution in [0, 0.1) is 5.82 Å². The quantitative estimate of drug-likeness (QED) is 0.561. The van der Waals surface area contributed by atoms with Crippen molar-refractivity contribution in [2.24, 2.45) is 4.99 Å². The van der Waals surface area contributed by atoms with Crippen molar-refractivity contribution >= 4 is 28.8 Å². The molecule has 1 saturated heterocycles. The SMILES string of the molecule is CCC1=C(C(=O)OC)[C@@H](c2cccc(F)c2)N2C(CC(=O)NCCN3CCCCC3)=CSC2=N1. The van der Waals surface area contributed by atoms with Crippen LogP contribution in [0.25, 0.3) is 0 Å². The van der Waals surface area contributed by atoms with Crippen LogP contribution in [-0.2, 0) is 14.3 Å². The Hall–Kier alpha value is -2.65. The van der Waals surface area contributed by atoms with Gasteiger partial charge in [-0.25, -0.2) is 14.2 Å². The third-order valence-electron chi connectivity index (χ3n) is 6.33. The molecule has 7 nitrogen and oxygen atoms in total. The molecule has 182 valence electrons. The van der Waals surface area contributed by atoms with Crippen LogP contribution in [-0.4, -0.2) is 60.1 Å². The summed E-state index contributed by atoms with van der Waals surface area (Å²) >= 11 is 1.41. The van der Waals surface area contributed by atoms with Gasteiger partial charge in [0.25, 0.3) is 0 Å². The fourth-order valence-corrected chi connectivity index (χ4v) is 5.61. The van der Waals surface area contributed by atoms with Crippen molar-refractivity contribution < 1.29 is 18.7 Å². The fraction of sp³-hybridized carbons (Fsp3) is 0.480. The minimum absolute atomic E-state index is 0.0898. The molecule has 34 heavy (non-hydrogen) atoms. The minimum atomic E-state index is -0.618. The van der Waals surface area contributed by atoms with Gasteiger partial charge in [0, 0.05) is 18.8 Å². The van der Waals surface area contributed by atoms with Gasteiger partial charge in [-0.15, -0.1) is 0 Å². The van der Waals surface area contributed by atoms with Gasteiger partial charge in [-0.2, -0.15) is 0 Å². The van der Waals surface area contributed by atoms with Crippen LogP contribution in [0.4, 0.5) is 4.39 Å². The molecule has 3 heterocycles. The van der Waals surface area contributed by atoms with Gasteiger partial charge >= 0.3 is 5.97 Å². The molecule has 1 aromatic carbocycles. The van der Waals surface area contributed by atoms with Crippen molar-refractivity contribution in [2.45, 2.75) is 45.1 Å². The molecule has 0 radical (unpaired) electrons. The zero-order valence-corrected chi connectivity index (χ0v) is 20.5. The molecule has 0 aromatic heterocycles. The molecule has 0 unspecified atom stereocenters. The zero-order chi connectivity index (χ0) is 24.1. The number of carbonyl (C=O) groups excluding carboxylic acids is 2. The number of amides is 1. The van der Waals surface area contributed by atoms with Crippen molar-refractivity contribution in [3.05, 3.63) is 58.0 Å². The third-order valence-corrected chi connectivity index (χ3v) is 7.22. The number of hydrogen-bond donors (Lipinski definition) is 1. The topological polar surface area (TPSA) is 74.2 Å². The molecule has 0 saturated carbocycles. The molecule has 0 spiro atoms. The van der Waals surface area contributed by atoms with Gasteiger partial charge in [-0.05, 0) is 55.5 Å². The molecule has 3 aliphatic heterocycles. The van der Waals surface area contributed by atoms with Gasteiger partial charge in [0.05, 0.1) is 30.8 Å². The molecule has 1 fully saturated rings. The van der Waals surface area contributed by atoms with E-state index in [-0.39, 0.29) is 12.3 Å². The van der Waals surface area contributed by atoms with Gasteiger partial charge < -0.3 is 19.9 Å². The molecule has 4 rings (SSSR count). The summed E-state index contributed by atoms with van der Waals surface area (Å²) in [4.78, 5) is 34.6. The number of aliphatic imine (C=N–C) groups is 1. The van der Waals surface area contributed by atoms with Crippen LogP contribution < -0.4 is 5.32 Å². The Balaban J connectivity index is 1.54. The summed E-state index contributed by atoms with van der Waals surface area (Å²) < 4.78 is 19.3. The number of nitrogens with one attached hydrogen (secondary N) is 1. The number of ether oxygens (including phenoxy) is 1. The number of nitrogens with zero attached hydrogens (tertiary/aromatic N) is 3. The Morgan fingerprint density at radius 3 is 2.76 bits per heavy atom. The number of methoxy groups -OCH3 is 1. The molecule has 9 heteroatoms. The first-order valence-electron chi connectivity index (χ1n) is 11.8. The molecule has 1 N–H and O–H groups in total. The average Bonchev–Trinajstić information content (AvgIpc) is 3.25. The lowest BCUT2D eigenvalue weighted by atomic mass is 9.93. The van der Waals surface area contributed by atoms with E-state index in [1.807, 2.05) is 17.2 Å². The highest BCUT2D eigenvalue weighted by atomic mass is 32.2. The number of rotatable bonds is 8. The summed E-state index contributed by atoms with van der Waals surface area (Å²) in [5.74, 6) is -0.985. The summed E-state index contributed by atoms with van der Waals surface area (Å²) in [5.41, 5.74) is 2.32. The number of halogens is 1. The minimum Gasteiger partial charge on any atom is -0.466 e. The van der Waals surface area contributed by atoms with Crippen LogP contribution in [0.2, 0.25) is 0 Å². The van der Waals surface area contributed by atoms with Gasteiger partial charge in [0.15, 0.2) is 5.17 Å². The van der Waals surface area contributed by atoms with Crippen molar-refractivity contribution in [1.29, 1.82) is 0 Å². The van der Waals surface area contributed by atoms with Crippen molar-refractivity contribution in [3.63, 3.8) is 0 Å². The van der Waals surface area contributed by atoms with E-state index in [0.717, 1.165) is 25.3 Å². The predicted molar refractivity (Wildman–Crippen MR) is 131 cm³/mol. The van der Waals surface area contributed by atoms with E-state index in [1.54, 1.807) is 12.1 Å². The lowest BCUT2D eigenvalue weighted by molar-refractivity contribution is -0.136. The monoisotopic (exact) mass is 486 g/mol. The second-order valence-electron chi connectivity index (χ2n) is 8.58. The Kier molecular flexibility index (Phi) is 8.05. The summed E-state index contributed by atoms with van der Waals surface area (Å²) in [7, 11) is 1.33. The maximum absolute atomic E-state index is 14.2. The van der Waals surface area contributed by atoms with E-state index in [1.165, 1.54) is 50.3 Å². The number of carbonyl (C=O) groups is 2. The lowest BCUT2D eigenvalue weighted by Crippen LogP contribution is -2.40. The normalized spacial score (nSPS) is 20.6. The first kappa shape index (κ1) is 24.5. The lowest BCUT2D eigenvalue weighted by Gasteiger charge is -2.36. The molecule has 3 aliphatic rings. The number of amidine groups is 1. The van der Waals surface area contributed by atoms with Gasteiger partial charge in [0.2, 0.25) is 5.91 Å². The standard InChI is InChI=1S/C25H31FN4O3S/c1-3-20-22(24(32)33-2)23(17-8-7-9-18(26)14-17)30-19(16-34-25(30)28-20)15-21(31)27-10-13-29-11-5-4-6-12-29/h7-9,14,16,23H,3-6,10-13,15H2,1-2H3,(H,27,31)/t23-/m1/s1. The Bertz CT molecular complexity index is 1030. The predicted octanol–water partition coefficient (Wildman–Crippen LogP) is 3.96. The maximum atomic E-state index is 14.2. The highest BCUT2D eigenvalue weighted by molar-refractivity contribution is 8.16. The number of thioether (sulfide) groups is 1. The van der Waals surface area contributed by atoms with Crippen LogP contribution in [0.3, 0.4) is 0 Å². The van der Waals surface area contributed by atoms with E-state index in [4.69, 9.17) is 9.73 Å². The largest absolute Gasteiger partial charge is 0.466 e. The fourth-order valence-electron chi connectivity index (χ4n) is 4.67. The first-order valence-corrected chi connectivity index (χ1v) is 12.7. The number of allylic oxidation sites excluding steroid dienone is 1. The summed E-state index contributed by atoms with van der Waals surface area (Å²) in [6.45, 7) is 5.54. The summed E-state index contributed by atoms with van der Waals surface area (Å²) in [5, 5.41) is 5.59. The third kappa shape index (κ3) is 5.36. The van der Waals surface area contributed by atoms with Crippen molar-refractivity contribution in [3.8, 4) is 0 Å². The number of benzene rings is 1. The number of likely N-dealkylation sites (tertiary alicyclic amines) is 1. The second-order valence-corrected chi connectivity index (χ2v) is 9.42. The van der Waals surface area contributed by atoms with Gasteiger partial charge in [-0.1, -0.05) is 37.2 Å². The van der Waals surface area contributed by atoms with Crippen LogP contribution >= 0.6 is 11.8 Å². The maximum Gasteiger partial charge on any atom is 0.338 e. The Morgan fingerprint density at radius 2 is 2.06 bits per heavy atom. The molecule has 1 atom stereocenters. The molecule has 0 bridgehead atoms. The van der Waals surface area contributed by atoms with Crippen LogP contribution in [0.5, 0.6) is 0 Å². The second kappa shape index (κ2) is 11.2. The number of hydrogen-bond acceptors (Lipinski definition) is 7. The van der Waals surface area contributed by atoms with Crippen molar-refractivity contribution in [1.82, 2.24) is 15.1 Å².